The molecule has 0 spiro atoms. The topological polar surface area (TPSA) is 71.6 Å². The first-order chi connectivity index (χ1) is 10.2. The van der Waals surface area contributed by atoms with E-state index in [1.807, 2.05) is 6.92 Å². The van der Waals surface area contributed by atoms with E-state index in [0.717, 1.165) is 30.8 Å². The van der Waals surface area contributed by atoms with Gasteiger partial charge < -0.3 is 20.5 Å². The molecule has 0 bridgehead atoms. The zero-order valence-corrected chi connectivity index (χ0v) is 12.7. The summed E-state index contributed by atoms with van der Waals surface area (Å²) in [5.41, 5.74) is 9.65. The number of hydrogen-bond donors (Lipinski definition) is 2. The van der Waals surface area contributed by atoms with Crippen molar-refractivity contribution in [1.82, 2.24) is 4.98 Å². The van der Waals surface area contributed by atoms with Crippen LogP contribution in [0.1, 0.15) is 36.6 Å². The number of rotatable bonds is 3. The SMILES string of the molecule is CC1CN(c2nc3c(cc2CN)CCCC3)CC(CO)O1. The van der Waals surface area contributed by atoms with E-state index in [2.05, 4.69) is 11.0 Å². The van der Waals surface area contributed by atoms with Crippen molar-refractivity contribution in [2.75, 3.05) is 24.6 Å². The molecule has 116 valence electrons. The molecule has 0 radical (unpaired) electrons. The number of nitrogens with two attached hydrogens (primary N) is 1. The largest absolute Gasteiger partial charge is 0.394 e. The molecule has 21 heavy (non-hydrogen) atoms. The minimum absolute atomic E-state index is 0.0454. The fourth-order valence-electron chi connectivity index (χ4n) is 3.41. The molecule has 0 saturated carbocycles. The van der Waals surface area contributed by atoms with Crippen molar-refractivity contribution < 1.29 is 9.84 Å². The molecule has 2 atom stereocenters. The minimum atomic E-state index is -0.141. The summed E-state index contributed by atoms with van der Waals surface area (Å²) in [7, 11) is 0. The molecule has 1 aliphatic carbocycles. The van der Waals surface area contributed by atoms with Gasteiger partial charge in [0.25, 0.3) is 0 Å². The van der Waals surface area contributed by atoms with Gasteiger partial charge in [-0.25, -0.2) is 4.98 Å². The van der Waals surface area contributed by atoms with Gasteiger partial charge in [-0.3, -0.25) is 0 Å². The van der Waals surface area contributed by atoms with Crippen molar-refractivity contribution in [3.63, 3.8) is 0 Å². The molecule has 1 fully saturated rings. The second-order valence-electron chi connectivity index (χ2n) is 6.14. The average Bonchev–Trinajstić information content (AvgIpc) is 2.52. The van der Waals surface area contributed by atoms with Crippen LogP contribution in [-0.2, 0) is 24.1 Å². The van der Waals surface area contributed by atoms with Gasteiger partial charge >= 0.3 is 0 Å². The summed E-state index contributed by atoms with van der Waals surface area (Å²) >= 11 is 0. The predicted octanol–water partition coefficient (Wildman–Crippen LogP) is 1.01. The van der Waals surface area contributed by atoms with Crippen LogP contribution in [0.15, 0.2) is 6.07 Å². The Balaban J connectivity index is 1.92. The van der Waals surface area contributed by atoms with E-state index in [1.165, 1.54) is 24.1 Å². The molecule has 3 rings (SSSR count). The van der Waals surface area contributed by atoms with Gasteiger partial charge in [-0.15, -0.1) is 0 Å². The molecular formula is C16H25N3O2. The third-order valence-electron chi connectivity index (χ3n) is 4.41. The number of aliphatic hydroxyl groups excluding tert-OH is 1. The Bertz CT molecular complexity index is 507. The van der Waals surface area contributed by atoms with E-state index < -0.39 is 0 Å². The van der Waals surface area contributed by atoms with E-state index in [1.54, 1.807) is 0 Å². The summed E-state index contributed by atoms with van der Waals surface area (Å²) in [5.74, 6) is 0.992. The van der Waals surface area contributed by atoms with Crippen LogP contribution in [-0.4, -0.2) is 42.0 Å². The van der Waals surface area contributed by atoms with E-state index in [9.17, 15) is 5.11 Å². The van der Waals surface area contributed by atoms with Gasteiger partial charge in [0.15, 0.2) is 0 Å². The molecule has 3 N–H and O–H groups in total. The Kier molecular flexibility index (Phi) is 4.42. The molecule has 0 aromatic carbocycles. The van der Waals surface area contributed by atoms with Crippen molar-refractivity contribution >= 4 is 5.82 Å². The fraction of sp³-hybridized carbons (Fsp3) is 0.688. The Morgan fingerprint density at radius 3 is 2.95 bits per heavy atom. The Labute approximate surface area is 126 Å². The van der Waals surface area contributed by atoms with Crippen LogP contribution >= 0.6 is 0 Å². The lowest BCUT2D eigenvalue weighted by Gasteiger charge is -2.38. The number of aromatic nitrogens is 1. The second kappa shape index (κ2) is 6.30. The quantitative estimate of drug-likeness (QED) is 0.869. The van der Waals surface area contributed by atoms with E-state index >= 15 is 0 Å². The summed E-state index contributed by atoms with van der Waals surface area (Å²) < 4.78 is 5.72. The number of pyridine rings is 1. The maximum Gasteiger partial charge on any atom is 0.133 e. The molecule has 1 saturated heterocycles. The van der Waals surface area contributed by atoms with Crippen molar-refractivity contribution in [2.24, 2.45) is 5.73 Å². The summed E-state index contributed by atoms with van der Waals surface area (Å²) in [6.45, 7) is 4.07. The number of morpholine rings is 1. The highest BCUT2D eigenvalue weighted by Crippen LogP contribution is 2.28. The molecule has 2 heterocycles. The summed E-state index contributed by atoms with van der Waals surface area (Å²) in [5, 5.41) is 9.40. The van der Waals surface area contributed by atoms with E-state index in [0.29, 0.717) is 13.1 Å². The molecule has 5 nitrogen and oxygen atoms in total. The summed E-state index contributed by atoms with van der Waals surface area (Å²) in [6.07, 6.45) is 4.61. The van der Waals surface area contributed by atoms with Crippen LogP contribution in [0.4, 0.5) is 5.82 Å². The predicted molar refractivity (Wildman–Crippen MR) is 82.4 cm³/mol. The maximum absolute atomic E-state index is 9.40. The van der Waals surface area contributed by atoms with Crippen LogP contribution in [0, 0.1) is 0 Å². The zero-order chi connectivity index (χ0) is 14.8. The number of aliphatic hydroxyl groups is 1. The summed E-state index contributed by atoms with van der Waals surface area (Å²) in [4.78, 5) is 7.15. The Morgan fingerprint density at radius 2 is 2.19 bits per heavy atom. The molecular weight excluding hydrogens is 266 g/mol. The highest BCUT2D eigenvalue weighted by atomic mass is 16.5. The minimum Gasteiger partial charge on any atom is -0.394 e. The smallest absolute Gasteiger partial charge is 0.133 e. The standard InChI is InChI=1S/C16H25N3O2/c1-11-8-19(9-14(10-20)21-11)16-13(7-17)6-12-4-2-3-5-15(12)18-16/h6,11,14,20H,2-5,7-10,17H2,1H3. The van der Waals surface area contributed by atoms with Gasteiger partial charge in [0, 0.05) is 30.9 Å². The van der Waals surface area contributed by atoms with Crippen molar-refractivity contribution in [2.45, 2.75) is 51.4 Å². The van der Waals surface area contributed by atoms with Crippen molar-refractivity contribution in [3.8, 4) is 0 Å². The number of nitrogens with zero attached hydrogens (tertiary/aromatic N) is 2. The Hall–Kier alpha value is -1.17. The van der Waals surface area contributed by atoms with E-state index in [4.69, 9.17) is 15.5 Å². The third-order valence-corrected chi connectivity index (χ3v) is 4.41. The number of hydrogen-bond acceptors (Lipinski definition) is 5. The average molecular weight is 291 g/mol. The third kappa shape index (κ3) is 3.05. The fourth-order valence-corrected chi connectivity index (χ4v) is 3.41. The highest BCUT2D eigenvalue weighted by Gasteiger charge is 2.27. The van der Waals surface area contributed by atoms with Crippen LogP contribution in [0.3, 0.4) is 0 Å². The monoisotopic (exact) mass is 291 g/mol. The molecule has 0 amide bonds. The van der Waals surface area contributed by atoms with Gasteiger partial charge in [-0.05, 0) is 44.2 Å². The second-order valence-corrected chi connectivity index (χ2v) is 6.14. The van der Waals surface area contributed by atoms with Gasteiger partial charge in [0.05, 0.1) is 18.8 Å². The number of aryl methyl sites for hydroxylation is 2. The number of ether oxygens (including phenoxy) is 1. The lowest BCUT2D eigenvalue weighted by atomic mass is 9.94. The zero-order valence-electron chi connectivity index (χ0n) is 12.7. The Morgan fingerprint density at radius 1 is 1.38 bits per heavy atom. The number of fused-ring (bicyclic) bond motifs is 1. The molecule has 2 aliphatic rings. The van der Waals surface area contributed by atoms with E-state index in [-0.39, 0.29) is 18.8 Å². The molecule has 5 heteroatoms. The first kappa shape index (κ1) is 14.8. The van der Waals surface area contributed by atoms with Gasteiger partial charge in [-0.1, -0.05) is 0 Å². The first-order valence-corrected chi connectivity index (χ1v) is 7.94. The van der Waals surface area contributed by atoms with Crippen LogP contribution in [0.25, 0.3) is 0 Å². The molecule has 1 aliphatic heterocycles. The lowest BCUT2D eigenvalue weighted by Crippen LogP contribution is -2.48. The van der Waals surface area contributed by atoms with Crippen LogP contribution in [0.5, 0.6) is 0 Å². The van der Waals surface area contributed by atoms with Crippen LogP contribution in [0.2, 0.25) is 0 Å². The number of anilines is 1. The highest BCUT2D eigenvalue weighted by molar-refractivity contribution is 5.51. The molecule has 1 aromatic rings. The normalized spacial score (nSPS) is 25.8. The van der Waals surface area contributed by atoms with Gasteiger partial charge in [0.1, 0.15) is 5.82 Å². The van der Waals surface area contributed by atoms with Crippen molar-refractivity contribution in [1.29, 1.82) is 0 Å². The molecule has 2 unspecified atom stereocenters. The van der Waals surface area contributed by atoms with Gasteiger partial charge in [-0.2, -0.15) is 0 Å². The lowest BCUT2D eigenvalue weighted by molar-refractivity contribution is -0.0423. The van der Waals surface area contributed by atoms with Gasteiger partial charge in [0.2, 0.25) is 0 Å². The summed E-state index contributed by atoms with van der Waals surface area (Å²) in [6, 6.07) is 2.24. The molecule has 1 aromatic heterocycles. The maximum atomic E-state index is 9.40. The van der Waals surface area contributed by atoms with Crippen LogP contribution < -0.4 is 10.6 Å². The van der Waals surface area contributed by atoms with Crippen molar-refractivity contribution in [3.05, 3.63) is 22.9 Å². The first-order valence-electron chi connectivity index (χ1n) is 7.94.